The van der Waals surface area contributed by atoms with E-state index in [0.29, 0.717) is 5.82 Å². The topological polar surface area (TPSA) is 51.6 Å². The average Bonchev–Trinajstić information content (AvgIpc) is 3.23. The molecule has 0 aliphatic rings. The van der Waals surface area contributed by atoms with Crippen molar-refractivity contribution in [3.63, 3.8) is 0 Å². The minimum Gasteiger partial charge on any atom is -0.258 e. The van der Waals surface area contributed by atoms with Crippen LogP contribution in [0.4, 0.5) is 0 Å². The van der Waals surface area contributed by atoms with Gasteiger partial charge in [0.15, 0.2) is 5.82 Å². The van der Waals surface area contributed by atoms with E-state index in [9.17, 15) is 0 Å². The summed E-state index contributed by atoms with van der Waals surface area (Å²) in [5.74, 6) is 0.680. The number of hydrogen-bond acceptors (Lipinski definition) is 4. The zero-order valence-electron chi connectivity index (χ0n) is 30.0. The van der Waals surface area contributed by atoms with E-state index in [1.165, 1.54) is 16.3 Å². The van der Waals surface area contributed by atoms with Crippen LogP contribution in [0.15, 0.2) is 170 Å². The number of pyridine rings is 2. The lowest BCUT2D eigenvalue weighted by Gasteiger charge is -2.15. The van der Waals surface area contributed by atoms with Crippen LogP contribution in [0.3, 0.4) is 0 Å². The van der Waals surface area contributed by atoms with E-state index in [4.69, 9.17) is 19.9 Å². The number of nitrogens with zero attached hydrogens (tertiary/aromatic N) is 4. The fourth-order valence-electron chi connectivity index (χ4n) is 7.83. The minimum absolute atomic E-state index is 0.680. The number of benzene rings is 7. The van der Waals surface area contributed by atoms with Gasteiger partial charge < -0.3 is 0 Å². The van der Waals surface area contributed by atoms with Crippen LogP contribution < -0.4 is 0 Å². The molecule has 54 heavy (non-hydrogen) atoms. The Kier molecular flexibility index (Phi) is 7.55. The van der Waals surface area contributed by atoms with Crippen LogP contribution in [-0.4, -0.2) is 19.9 Å². The lowest BCUT2D eigenvalue weighted by molar-refractivity contribution is 1.12. The molecule has 0 saturated carbocycles. The average molecular weight is 691 g/mol. The smallest absolute Gasteiger partial charge is 0.160 e. The Hall–Kier alpha value is -7.04. The molecule has 0 spiro atoms. The summed E-state index contributed by atoms with van der Waals surface area (Å²) in [5.41, 5.74) is 13.3. The first-order chi connectivity index (χ1) is 26.6. The Bertz CT molecular complexity index is 2960. The third-order valence-electron chi connectivity index (χ3n) is 10.5. The van der Waals surface area contributed by atoms with E-state index < -0.39 is 0 Å². The first-order valence-corrected chi connectivity index (χ1v) is 18.3. The molecule has 0 saturated heterocycles. The van der Waals surface area contributed by atoms with Crippen molar-refractivity contribution < 1.29 is 0 Å². The first-order valence-electron chi connectivity index (χ1n) is 18.3. The summed E-state index contributed by atoms with van der Waals surface area (Å²) in [6.45, 7) is 4.08. The summed E-state index contributed by atoms with van der Waals surface area (Å²) in [5, 5.41) is 6.95. The van der Waals surface area contributed by atoms with Crippen molar-refractivity contribution in [3.05, 3.63) is 181 Å². The first kappa shape index (κ1) is 31.7. The van der Waals surface area contributed by atoms with Crippen LogP contribution in [0.5, 0.6) is 0 Å². The normalized spacial score (nSPS) is 11.5. The van der Waals surface area contributed by atoms with E-state index in [1.807, 2.05) is 13.0 Å². The molecule has 7 aromatic carbocycles. The molecule has 10 aromatic rings. The zero-order valence-corrected chi connectivity index (χ0v) is 30.0. The molecule has 4 heteroatoms. The highest BCUT2D eigenvalue weighted by Crippen LogP contribution is 2.40. The highest BCUT2D eigenvalue weighted by atomic mass is 14.9. The summed E-state index contributed by atoms with van der Waals surface area (Å²) in [6.07, 6.45) is 0. The van der Waals surface area contributed by atoms with Gasteiger partial charge in [0.25, 0.3) is 0 Å². The Balaban J connectivity index is 1.14. The lowest BCUT2D eigenvalue weighted by atomic mass is 9.92. The van der Waals surface area contributed by atoms with Crippen molar-refractivity contribution in [1.29, 1.82) is 0 Å². The van der Waals surface area contributed by atoms with Crippen molar-refractivity contribution in [1.82, 2.24) is 19.9 Å². The molecule has 3 aromatic heterocycles. The number of aryl methyl sites for hydroxylation is 2. The van der Waals surface area contributed by atoms with Gasteiger partial charge in [0.2, 0.25) is 0 Å². The van der Waals surface area contributed by atoms with Crippen molar-refractivity contribution in [2.45, 2.75) is 13.8 Å². The summed E-state index contributed by atoms with van der Waals surface area (Å²) < 4.78 is 0. The van der Waals surface area contributed by atoms with Gasteiger partial charge >= 0.3 is 0 Å². The van der Waals surface area contributed by atoms with Gasteiger partial charge in [0.1, 0.15) is 0 Å². The van der Waals surface area contributed by atoms with Gasteiger partial charge in [-0.2, -0.15) is 0 Å². The highest BCUT2D eigenvalue weighted by molar-refractivity contribution is 6.21. The maximum Gasteiger partial charge on any atom is 0.160 e. The number of hydrogen-bond donors (Lipinski definition) is 0. The summed E-state index contributed by atoms with van der Waals surface area (Å²) in [7, 11) is 0. The molecular weight excluding hydrogens is 657 g/mol. The minimum atomic E-state index is 0.680. The van der Waals surface area contributed by atoms with Crippen molar-refractivity contribution >= 4 is 43.4 Å². The van der Waals surface area contributed by atoms with Crippen LogP contribution in [0.2, 0.25) is 0 Å². The third kappa shape index (κ3) is 5.48. The van der Waals surface area contributed by atoms with Crippen molar-refractivity contribution in [2.75, 3.05) is 0 Å². The fraction of sp³-hybridized carbons (Fsp3) is 0.0400. The maximum absolute atomic E-state index is 5.38. The predicted octanol–water partition coefficient (Wildman–Crippen LogP) is 12.8. The number of rotatable bonds is 5. The van der Waals surface area contributed by atoms with Gasteiger partial charge in [0, 0.05) is 60.8 Å². The zero-order chi connectivity index (χ0) is 36.2. The molecule has 254 valence electrons. The quantitative estimate of drug-likeness (QED) is 0.133. The van der Waals surface area contributed by atoms with Gasteiger partial charge in [-0.15, -0.1) is 0 Å². The van der Waals surface area contributed by atoms with E-state index in [-0.39, 0.29) is 0 Å². The van der Waals surface area contributed by atoms with E-state index in [0.717, 1.165) is 88.7 Å². The molecule has 0 radical (unpaired) electrons. The second kappa shape index (κ2) is 12.9. The molecular formula is C50H34N4. The van der Waals surface area contributed by atoms with Crippen LogP contribution in [-0.2, 0) is 0 Å². The molecule has 0 aliphatic carbocycles. The molecule has 0 aliphatic heterocycles. The summed E-state index contributed by atoms with van der Waals surface area (Å²) in [4.78, 5) is 20.4. The van der Waals surface area contributed by atoms with Gasteiger partial charge in [0.05, 0.1) is 22.4 Å². The SMILES string of the molecule is Cc1ccc(-c2cccc(-c3nc(-c4ccccc4)cc(-c4ccc(-c5c6ccc7ccccc7c6nc6c5ccc5ccccc56)cc4)n3)c2)c(C)n1. The van der Waals surface area contributed by atoms with Gasteiger partial charge in [-0.25, -0.2) is 15.0 Å². The summed E-state index contributed by atoms with van der Waals surface area (Å²) in [6, 6.07) is 59.9. The molecule has 10 rings (SSSR count). The maximum atomic E-state index is 5.38. The van der Waals surface area contributed by atoms with Crippen LogP contribution in [0.1, 0.15) is 11.4 Å². The van der Waals surface area contributed by atoms with E-state index in [2.05, 4.69) is 171 Å². The molecule has 0 atom stereocenters. The van der Waals surface area contributed by atoms with Crippen molar-refractivity contribution in [2.24, 2.45) is 0 Å². The van der Waals surface area contributed by atoms with Crippen LogP contribution in [0, 0.1) is 13.8 Å². The highest BCUT2D eigenvalue weighted by Gasteiger charge is 2.17. The number of fused-ring (bicyclic) bond motifs is 6. The molecule has 0 fully saturated rings. The second-order valence-corrected chi connectivity index (χ2v) is 13.9. The standard InChI is InChI=1S/C50H34N4/c1-31-19-26-40(32(2)51-31)38-15-10-16-39(29-38)50-52-45(35-13-4-3-5-14-35)30-46(53-50)36-20-22-37(23-21-36)47-43-27-24-33-11-6-8-17-41(33)48(43)54-49-42-18-9-7-12-34(42)25-28-44(47)49/h3-30H,1-2H3. The Morgan fingerprint density at radius 3 is 1.56 bits per heavy atom. The number of aromatic nitrogens is 4. The molecule has 0 N–H and O–H groups in total. The van der Waals surface area contributed by atoms with Crippen LogP contribution >= 0.6 is 0 Å². The van der Waals surface area contributed by atoms with Crippen LogP contribution in [0.25, 0.3) is 99.5 Å². The lowest BCUT2D eigenvalue weighted by Crippen LogP contribution is -1.97. The monoisotopic (exact) mass is 690 g/mol. The largest absolute Gasteiger partial charge is 0.258 e. The predicted molar refractivity (Wildman–Crippen MR) is 224 cm³/mol. The van der Waals surface area contributed by atoms with E-state index in [1.54, 1.807) is 0 Å². The Morgan fingerprint density at radius 1 is 0.352 bits per heavy atom. The molecule has 0 bridgehead atoms. The molecule has 0 unspecified atom stereocenters. The molecule has 0 amide bonds. The second-order valence-electron chi connectivity index (χ2n) is 13.9. The molecule has 3 heterocycles. The fourth-order valence-corrected chi connectivity index (χ4v) is 7.83. The van der Waals surface area contributed by atoms with Crippen molar-refractivity contribution in [3.8, 4) is 56.2 Å². The Morgan fingerprint density at radius 2 is 0.907 bits per heavy atom. The van der Waals surface area contributed by atoms with E-state index >= 15 is 0 Å². The van der Waals surface area contributed by atoms with Gasteiger partial charge in [-0.3, -0.25) is 4.98 Å². The molecule has 4 nitrogen and oxygen atoms in total. The summed E-state index contributed by atoms with van der Waals surface area (Å²) >= 11 is 0. The Labute approximate surface area is 313 Å². The van der Waals surface area contributed by atoms with Gasteiger partial charge in [-0.05, 0) is 53.9 Å². The third-order valence-corrected chi connectivity index (χ3v) is 10.5. The van der Waals surface area contributed by atoms with Gasteiger partial charge in [-0.1, -0.05) is 152 Å².